The summed E-state index contributed by atoms with van der Waals surface area (Å²) < 4.78 is 11.8. The van der Waals surface area contributed by atoms with Crippen LogP contribution in [-0.4, -0.2) is 142 Å². The second-order valence-electron chi connectivity index (χ2n) is 14.2. The Balaban J connectivity index is 0.920. The van der Waals surface area contributed by atoms with Crippen molar-refractivity contribution in [2.45, 2.75) is 94.5 Å². The van der Waals surface area contributed by atoms with Gasteiger partial charge in [-0.15, -0.1) is 0 Å². The molecule has 0 aromatic rings. The van der Waals surface area contributed by atoms with Gasteiger partial charge in [-0.25, -0.2) is 0 Å². The van der Waals surface area contributed by atoms with Crippen molar-refractivity contribution in [2.24, 2.45) is 17.8 Å². The quantitative estimate of drug-likeness (QED) is 0.224. The van der Waals surface area contributed by atoms with E-state index in [4.69, 9.17) is 9.47 Å². The smallest absolute Gasteiger partial charge is 0.223 e. The fraction of sp³-hybridized carbons (Fsp3) is 0.968. The van der Waals surface area contributed by atoms with Crippen LogP contribution in [0.3, 0.4) is 0 Å². The zero-order valence-corrected chi connectivity index (χ0v) is 25.9. The molecule has 42 heavy (non-hydrogen) atoms. The number of fused-ring (bicyclic) bond motifs is 1. The monoisotopic (exact) mass is 591 g/mol. The van der Waals surface area contributed by atoms with Crippen molar-refractivity contribution in [3.8, 4) is 0 Å². The van der Waals surface area contributed by atoms with Gasteiger partial charge in [0.05, 0.1) is 44.0 Å². The lowest BCUT2D eigenvalue weighted by molar-refractivity contribution is -0.128. The summed E-state index contributed by atoms with van der Waals surface area (Å²) in [6.07, 6.45) is 10.5. The molecule has 8 atom stereocenters. The summed E-state index contributed by atoms with van der Waals surface area (Å²) in [6, 6.07) is 0.579. The average Bonchev–Trinajstić information content (AvgIpc) is 3.51. The number of rotatable bonds is 11. The molecule has 11 heteroatoms. The summed E-state index contributed by atoms with van der Waals surface area (Å²) in [5, 5.41) is 24.9. The molecule has 4 aliphatic heterocycles. The number of hydrogen-bond donors (Lipinski definition) is 5. The van der Waals surface area contributed by atoms with E-state index < -0.39 is 6.10 Å². The normalized spacial score (nSPS) is 38.1. The number of carbonyl (C=O) groups excluding carboxylic acids is 1. The molecule has 11 nitrogen and oxygen atoms in total. The highest BCUT2D eigenvalue weighted by atomic mass is 16.5. The van der Waals surface area contributed by atoms with Gasteiger partial charge in [-0.1, -0.05) is 6.42 Å². The lowest BCUT2D eigenvalue weighted by Crippen LogP contribution is -2.64. The SMILES string of the molecule is CN1CCN(C2CC(C(=O)NC[C@H](O)CN3CCC4CC(OCC5CNCO5)CCC4C3)CC(NC3CCC3)N2)CC1. The van der Waals surface area contributed by atoms with Gasteiger partial charge in [-0.3, -0.25) is 25.6 Å². The number of nitrogens with zero attached hydrogens (tertiary/aromatic N) is 3. The highest BCUT2D eigenvalue weighted by molar-refractivity contribution is 5.78. The third-order valence-electron chi connectivity index (χ3n) is 11.0. The van der Waals surface area contributed by atoms with Crippen LogP contribution >= 0.6 is 0 Å². The van der Waals surface area contributed by atoms with Gasteiger partial charge in [-0.2, -0.15) is 0 Å². The van der Waals surface area contributed by atoms with Crippen LogP contribution in [-0.2, 0) is 14.3 Å². The van der Waals surface area contributed by atoms with Crippen LogP contribution in [0, 0.1) is 17.8 Å². The molecule has 0 aromatic carbocycles. The summed E-state index contributed by atoms with van der Waals surface area (Å²) in [5.74, 6) is 1.47. The molecule has 0 radical (unpaired) electrons. The van der Waals surface area contributed by atoms with Crippen LogP contribution in [0.4, 0.5) is 0 Å². The Kier molecular flexibility index (Phi) is 11.1. The Morgan fingerprint density at radius 2 is 1.90 bits per heavy atom. The fourth-order valence-electron chi connectivity index (χ4n) is 8.09. The van der Waals surface area contributed by atoms with Gasteiger partial charge in [-0.05, 0) is 76.8 Å². The van der Waals surface area contributed by atoms with Crippen molar-refractivity contribution in [1.29, 1.82) is 0 Å². The highest BCUT2D eigenvalue weighted by Gasteiger charge is 2.38. The molecule has 7 unspecified atom stereocenters. The number of amides is 1. The van der Waals surface area contributed by atoms with E-state index in [1.165, 1.54) is 32.1 Å². The van der Waals surface area contributed by atoms with Gasteiger partial charge in [0.2, 0.25) is 5.91 Å². The topological polar surface area (TPSA) is 114 Å². The van der Waals surface area contributed by atoms with E-state index >= 15 is 0 Å². The van der Waals surface area contributed by atoms with Crippen molar-refractivity contribution < 1.29 is 19.4 Å². The highest BCUT2D eigenvalue weighted by Crippen LogP contribution is 2.37. The number of hydrogen-bond acceptors (Lipinski definition) is 10. The van der Waals surface area contributed by atoms with Gasteiger partial charge in [0.25, 0.3) is 0 Å². The van der Waals surface area contributed by atoms with E-state index in [1.807, 2.05) is 0 Å². The first-order valence-corrected chi connectivity index (χ1v) is 17.0. The van der Waals surface area contributed by atoms with Crippen LogP contribution < -0.4 is 21.3 Å². The Bertz CT molecular complexity index is 851. The van der Waals surface area contributed by atoms with E-state index in [2.05, 4.69) is 43.0 Å². The zero-order chi connectivity index (χ0) is 28.9. The lowest BCUT2D eigenvalue weighted by Gasteiger charge is -2.46. The largest absolute Gasteiger partial charge is 0.390 e. The second kappa shape index (κ2) is 14.9. The Hall–Kier alpha value is -0.890. The zero-order valence-electron chi connectivity index (χ0n) is 25.9. The predicted octanol–water partition coefficient (Wildman–Crippen LogP) is -0.0421. The molecular weight excluding hydrogens is 534 g/mol. The molecular formula is C31H57N7O4. The number of β-amino-alcohol motifs (C(OH)–C–C–N with tert-alkyl or cyclic N) is 1. The van der Waals surface area contributed by atoms with Gasteiger partial charge >= 0.3 is 0 Å². The Morgan fingerprint density at radius 1 is 1.05 bits per heavy atom. The summed E-state index contributed by atoms with van der Waals surface area (Å²) in [5.41, 5.74) is 0. The number of aliphatic hydroxyl groups excluding tert-OH is 1. The van der Waals surface area contributed by atoms with Gasteiger partial charge in [0, 0.05) is 64.3 Å². The van der Waals surface area contributed by atoms with Gasteiger partial charge in [0.1, 0.15) is 0 Å². The molecule has 4 saturated heterocycles. The third-order valence-corrected chi connectivity index (χ3v) is 11.0. The van der Waals surface area contributed by atoms with Crippen molar-refractivity contribution in [2.75, 3.05) is 79.3 Å². The van der Waals surface area contributed by atoms with Crippen LogP contribution in [0.2, 0.25) is 0 Å². The molecule has 0 bridgehead atoms. The maximum Gasteiger partial charge on any atom is 0.223 e. The molecule has 4 heterocycles. The van der Waals surface area contributed by atoms with Crippen LogP contribution in [0.5, 0.6) is 0 Å². The minimum Gasteiger partial charge on any atom is -0.390 e. The Morgan fingerprint density at radius 3 is 2.67 bits per heavy atom. The van der Waals surface area contributed by atoms with E-state index in [-0.39, 0.29) is 30.3 Å². The van der Waals surface area contributed by atoms with Crippen molar-refractivity contribution in [3.63, 3.8) is 0 Å². The van der Waals surface area contributed by atoms with E-state index in [0.29, 0.717) is 50.4 Å². The minimum atomic E-state index is -0.538. The molecule has 5 N–H and O–H groups in total. The summed E-state index contributed by atoms with van der Waals surface area (Å²) in [7, 11) is 2.18. The number of ether oxygens (including phenoxy) is 2. The summed E-state index contributed by atoms with van der Waals surface area (Å²) in [4.78, 5) is 20.7. The van der Waals surface area contributed by atoms with Crippen molar-refractivity contribution >= 4 is 5.91 Å². The first kappa shape index (κ1) is 31.1. The molecule has 6 fully saturated rings. The standard InChI is InChI=1S/C31H57N7O4/c1-36-9-11-38(12-10-36)30-15-24(14-29(35-30)34-25-3-2-4-25)31(40)33-16-26(39)19-37-8-7-22-13-27(6-5-23(22)18-37)41-20-28-17-32-21-42-28/h22-30,32,34-35,39H,2-21H2,1H3,(H,33,40)/t22?,23?,24?,26-,27?,28?,29?,30?/m0/s1. The predicted molar refractivity (Wildman–Crippen MR) is 162 cm³/mol. The number of aliphatic hydroxyl groups is 1. The van der Waals surface area contributed by atoms with Gasteiger partial charge < -0.3 is 29.7 Å². The first-order valence-electron chi connectivity index (χ1n) is 17.0. The number of likely N-dealkylation sites (N-methyl/N-ethyl adjacent to an activating group) is 1. The van der Waals surface area contributed by atoms with Gasteiger partial charge in [0.15, 0.2) is 0 Å². The molecule has 2 saturated carbocycles. The lowest BCUT2D eigenvalue weighted by atomic mass is 9.74. The number of carbonyl (C=O) groups is 1. The molecule has 2 aliphatic carbocycles. The number of piperidine rings is 2. The van der Waals surface area contributed by atoms with E-state index in [9.17, 15) is 9.90 Å². The molecule has 0 spiro atoms. The number of nitrogens with one attached hydrogen (secondary N) is 4. The molecule has 1 amide bonds. The Labute approximate surface area is 252 Å². The average molecular weight is 592 g/mol. The summed E-state index contributed by atoms with van der Waals surface area (Å²) >= 11 is 0. The van der Waals surface area contributed by atoms with Crippen molar-refractivity contribution in [3.05, 3.63) is 0 Å². The van der Waals surface area contributed by atoms with Crippen LogP contribution in [0.25, 0.3) is 0 Å². The maximum absolute atomic E-state index is 13.4. The van der Waals surface area contributed by atoms with Crippen LogP contribution in [0.1, 0.15) is 57.8 Å². The van der Waals surface area contributed by atoms with Crippen LogP contribution in [0.15, 0.2) is 0 Å². The third kappa shape index (κ3) is 8.43. The maximum atomic E-state index is 13.4. The summed E-state index contributed by atoms with van der Waals surface area (Å²) in [6.45, 7) is 9.49. The number of piperazine rings is 1. The minimum absolute atomic E-state index is 0.0367. The fourth-order valence-corrected chi connectivity index (χ4v) is 8.09. The first-order chi connectivity index (χ1) is 20.5. The molecule has 0 aromatic heterocycles. The second-order valence-corrected chi connectivity index (χ2v) is 14.2. The van der Waals surface area contributed by atoms with E-state index in [1.54, 1.807) is 0 Å². The van der Waals surface area contributed by atoms with E-state index in [0.717, 1.165) is 71.5 Å². The number of likely N-dealkylation sites (tertiary alicyclic amines) is 1. The van der Waals surface area contributed by atoms with Crippen molar-refractivity contribution in [1.82, 2.24) is 36.0 Å². The molecule has 6 aliphatic rings. The molecule has 6 rings (SSSR count). The molecule has 240 valence electrons.